The molecule has 0 radical (unpaired) electrons. The molecule has 0 amide bonds. The standard InChI is InChI=1S/C14H14F3NO5/c1-21-12(19)9-10(13(20)22-2)23-18(11(9)14(15,16)17)8-6-4-3-5-7-8/h3-7,9-11H,1-2H3/t9-,10-,11-/m1/s1. The van der Waals surface area contributed by atoms with Crippen LogP contribution in [-0.2, 0) is 23.9 Å². The molecule has 0 aromatic heterocycles. The number of rotatable bonds is 3. The van der Waals surface area contributed by atoms with Crippen molar-refractivity contribution in [2.45, 2.75) is 18.3 Å². The molecule has 1 saturated heterocycles. The summed E-state index contributed by atoms with van der Waals surface area (Å²) in [5.74, 6) is -4.19. The number of hydrogen-bond donors (Lipinski definition) is 0. The number of halogens is 3. The number of carbonyl (C=O) groups excluding carboxylic acids is 2. The summed E-state index contributed by atoms with van der Waals surface area (Å²) < 4.78 is 49.4. The van der Waals surface area contributed by atoms with Gasteiger partial charge >= 0.3 is 18.1 Å². The van der Waals surface area contributed by atoms with Gasteiger partial charge < -0.3 is 9.47 Å². The molecule has 126 valence electrons. The average molecular weight is 333 g/mol. The van der Waals surface area contributed by atoms with E-state index < -0.39 is 36.2 Å². The number of nitrogens with zero attached hydrogens (tertiary/aromatic N) is 1. The van der Waals surface area contributed by atoms with Crippen LogP contribution in [-0.4, -0.2) is 44.5 Å². The number of anilines is 1. The average Bonchev–Trinajstić information content (AvgIpc) is 2.95. The molecule has 0 spiro atoms. The van der Waals surface area contributed by atoms with Crippen molar-refractivity contribution in [3.8, 4) is 0 Å². The summed E-state index contributed by atoms with van der Waals surface area (Å²) in [5.41, 5.74) is 0.0510. The molecule has 2 rings (SSSR count). The van der Waals surface area contributed by atoms with Crippen molar-refractivity contribution in [3.63, 3.8) is 0 Å². The Balaban J connectivity index is 2.50. The summed E-state index contributed by atoms with van der Waals surface area (Å²) in [4.78, 5) is 28.7. The summed E-state index contributed by atoms with van der Waals surface area (Å²) >= 11 is 0. The van der Waals surface area contributed by atoms with E-state index in [-0.39, 0.29) is 5.69 Å². The Morgan fingerprint density at radius 1 is 1.09 bits per heavy atom. The molecule has 0 saturated carbocycles. The number of para-hydroxylation sites is 1. The van der Waals surface area contributed by atoms with Crippen molar-refractivity contribution in [2.75, 3.05) is 19.3 Å². The number of carbonyl (C=O) groups is 2. The van der Waals surface area contributed by atoms with Gasteiger partial charge in [0, 0.05) is 0 Å². The fourth-order valence-corrected chi connectivity index (χ4v) is 2.39. The summed E-state index contributed by atoms with van der Waals surface area (Å²) in [7, 11) is 1.93. The fourth-order valence-electron chi connectivity index (χ4n) is 2.39. The Bertz CT molecular complexity index is 578. The number of alkyl halides is 3. The van der Waals surface area contributed by atoms with Gasteiger partial charge in [0.15, 0.2) is 12.1 Å². The van der Waals surface area contributed by atoms with Gasteiger partial charge in [-0.05, 0) is 12.1 Å². The maximum absolute atomic E-state index is 13.5. The number of hydrogen-bond acceptors (Lipinski definition) is 6. The van der Waals surface area contributed by atoms with Crippen LogP contribution in [0.4, 0.5) is 18.9 Å². The molecule has 1 aliphatic rings. The maximum atomic E-state index is 13.5. The highest BCUT2D eigenvalue weighted by molar-refractivity contribution is 5.86. The van der Waals surface area contributed by atoms with Crippen molar-refractivity contribution in [1.82, 2.24) is 0 Å². The van der Waals surface area contributed by atoms with Crippen molar-refractivity contribution < 1.29 is 37.1 Å². The number of hydroxylamine groups is 1. The lowest BCUT2D eigenvalue weighted by molar-refractivity contribution is -0.173. The highest BCUT2D eigenvalue weighted by Crippen LogP contribution is 2.42. The zero-order chi connectivity index (χ0) is 17.2. The molecule has 0 unspecified atom stereocenters. The first kappa shape index (κ1) is 17.1. The first-order chi connectivity index (χ1) is 10.8. The lowest BCUT2D eigenvalue weighted by Crippen LogP contribution is -2.48. The number of ether oxygens (including phenoxy) is 2. The molecule has 1 aromatic rings. The third kappa shape index (κ3) is 3.24. The normalized spacial score (nSPS) is 24.4. The number of methoxy groups -OCH3 is 2. The SMILES string of the molecule is COC(=O)[C@@H]1[C@H](C(=O)OC)ON(c2ccccc2)[C@H]1C(F)(F)F. The van der Waals surface area contributed by atoms with E-state index in [9.17, 15) is 22.8 Å². The van der Waals surface area contributed by atoms with Crippen LogP contribution in [0.5, 0.6) is 0 Å². The highest BCUT2D eigenvalue weighted by Gasteiger charge is 2.62. The van der Waals surface area contributed by atoms with Crippen molar-refractivity contribution in [2.24, 2.45) is 5.92 Å². The van der Waals surface area contributed by atoms with Crippen LogP contribution in [0.25, 0.3) is 0 Å². The molecular formula is C14H14F3NO5. The Hall–Kier alpha value is -2.29. The first-order valence-corrected chi connectivity index (χ1v) is 6.54. The topological polar surface area (TPSA) is 65.1 Å². The first-order valence-electron chi connectivity index (χ1n) is 6.54. The van der Waals surface area contributed by atoms with Crippen molar-refractivity contribution >= 4 is 17.6 Å². The molecule has 9 heteroatoms. The lowest BCUT2D eigenvalue weighted by Gasteiger charge is -2.27. The Kier molecular flexibility index (Phi) is 4.79. The molecule has 23 heavy (non-hydrogen) atoms. The molecule has 0 aliphatic carbocycles. The molecule has 1 heterocycles. The molecule has 1 fully saturated rings. The third-order valence-electron chi connectivity index (χ3n) is 3.40. The quantitative estimate of drug-likeness (QED) is 0.785. The molecular weight excluding hydrogens is 319 g/mol. The van der Waals surface area contributed by atoms with Crippen molar-refractivity contribution in [1.29, 1.82) is 0 Å². The van der Waals surface area contributed by atoms with E-state index in [1.807, 2.05) is 0 Å². The lowest BCUT2D eigenvalue weighted by atomic mass is 9.94. The minimum absolute atomic E-state index is 0.0510. The van der Waals surface area contributed by atoms with Crippen LogP contribution in [0.15, 0.2) is 30.3 Å². The van der Waals surface area contributed by atoms with E-state index in [4.69, 9.17) is 4.84 Å². The molecule has 0 bridgehead atoms. The maximum Gasteiger partial charge on any atom is 0.412 e. The summed E-state index contributed by atoms with van der Waals surface area (Å²) in [6, 6.07) is 4.98. The molecule has 0 N–H and O–H groups in total. The zero-order valence-corrected chi connectivity index (χ0v) is 12.2. The smallest absolute Gasteiger partial charge is 0.412 e. The van der Waals surface area contributed by atoms with Gasteiger partial charge in [-0.15, -0.1) is 0 Å². The molecule has 1 aliphatic heterocycles. The highest BCUT2D eigenvalue weighted by atomic mass is 19.4. The van der Waals surface area contributed by atoms with Gasteiger partial charge in [-0.1, -0.05) is 18.2 Å². The van der Waals surface area contributed by atoms with Crippen LogP contribution in [0.2, 0.25) is 0 Å². The van der Waals surface area contributed by atoms with Crippen molar-refractivity contribution in [3.05, 3.63) is 30.3 Å². The Morgan fingerprint density at radius 3 is 2.13 bits per heavy atom. The van der Waals surface area contributed by atoms with E-state index in [1.165, 1.54) is 24.3 Å². The molecule has 3 atom stereocenters. The van der Waals surface area contributed by atoms with Gasteiger partial charge in [-0.2, -0.15) is 13.2 Å². The van der Waals surface area contributed by atoms with Crippen LogP contribution in [0, 0.1) is 5.92 Å². The van der Waals surface area contributed by atoms with Crippen LogP contribution < -0.4 is 5.06 Å². The van der Waals surface area contributed by atoms with Crippen LogP contribution in [0.1, 0.15) is 0 Å². The minimum atomic E-state index is -4.84. The predicted molar refractivity (Wildman–Crippen MR) is 71.2 cm³/mol. The fraction of sp³-hybridized carbons (Fsp3) is 0.429. The Morgan fingerprint density at radius 2 is 1.65 bits per heavy atom. The van der Waals surface area contributed by atoms with Gasteiger partial charge in [0.05, 0.1) is 19.9 Å². The van der Waals surface area contributed by atoms with E-state index in [1.54, 1.807) is 6.07 Å². The summed E-state index contributed by atoms with van der Waals surface area (Å²) in [6.45, 7) is 0. The summed E-state index contributed by atoms with van der Waals surface area (Å²) in [5, 5.41) is 0.503. The second-order valence-corrected chi connectivity index (χ2v) is 4.75. The van der Waals surface area contributed by atoms with Gasteiger partial charge in [-0.25, -0.2) is 9.86 Å². The minimum Gasteiger partial charge on any atom is -0.469 e. The summed E-state index contributed by atoms with van der Waals surface area (Å²) in [6.07, 6.45) is -6.59. The monoisotopic (exact) mass is 333 g/mol. The van der Waals surface area contributed by atoms with Crippen LogP contribution >= 0.6 is 0 Å². The largest absolute Gasteiger partial charge is 0.469 e. The molecule has 6 nitrogen and oxygen atoms in total. The molecule has 1 aromatic carbocycles. The predicted octanol–water partition coefficient (Wildman–Crippen LogP) is 1.70. The van der Waals surface area contributed by atoms with Crippen LogP contribution in [0.3, 0.4) is 0 Å². The van der Waals surface area contributed by atoms with Gasteiger partial charge in [0.1, 0.15) is 5.92 Å². The van der Waals surface area contributed by atoms with Gasteiger partial charge in [-0.3, -0.25) is 9.63 Å². The second kappa shape index (κ2) is 6.45. The Labute approximate surface area is 129 Å². The van der Waals surface area contributed by atoms with E-state index in [2.05, 4.69) is 9.47 Å². The van der Waals surface area contributed by atoms with E-state index in [0.29, 0.717) is 5.06 Å². The number of esters is 2. The second-order valence-electron chi connectivity index (χ2n) is 4.75. The third-order valence-corrected chi connectivity index (χ3v) is 3.40. The van der Waals surface area contributed by atoms with Gasteiger partial charge in [0.2, 0.25) is 0 Å². The number of benzene rings is 1. The van der Waals surface area contributed by atoms with Gasteiger partial charge in [0.25, 0.3) is 0 Å². The van der Waals surface area contributed by atoms with E-state index in [0.717, 1.165) is 14.2 Å². The zero-order valence-electron chi connectivity index (χ0n) is 12.2. The van der Waals surface area contributed by atoms with E-state index >= 15 is 0 Å².